The molecule has 1 heterocycles. The Morgan fingerprint density at radius 3 is 2.52 bits per heavy atom. The summed E-state index contributed by atoms with van der Waals surface area (Å²) in [4.78, 5) is 16.4. The molecule has 0 aliphatic carbocycles. The van der Waals surface area contributed by atoms with Crippen LogP contribution in [0.1, 0.15) is 5.56 Å². The summed E-state index contributed by atoms with van der Waals surface area (Å²) >= 11 is 0. The van der Waals surface area contributed by atoms with Gasteiger partial charge in [0, 0.05) is 31.9 Å². The molecule has 1 N–H and O–H groups in total. The lowest BCUT2D eigenvalue weighted by Crippen LogP contribution is -2.52. The molecule has 1 saturated heterocycles. The Morgan fingerprint density at radius 2 is 1.80 bits per heavy atom. The lowest BCUT2D eigenvalue weighted by atomic mass is 10.2. The van der Waals surface area contributed by atoms with Gasteiger partial charge in [-0.1, -0.05) is 30.3 Å². The predicted molar refractivity (Wildman–Crippen MR) is 100 cm³/mol. The number of anilines is 1. The van der Waals surface area contributed by atoms with Crippen LogP contribution in [0.25, 0.3) is 0 Å². The summed E-state index contributed by atoms with van der Waals surface area (Å²) in [7, 11) is 0. The number of piperazine rings is 1. The molecular weight excluding hydrogens is 314 g/mol. The fraction of sp³-hybridized carbons (Fsp3) is 0.350. The molecule has 0 radical (unpaired) electrons. The van der Waals surface area contributed by atoms with Crippen molar-refractivity contribution in [3.05, 3.63) is 60.2 Å². The first-order valence-corrected chi connectivity index (χ1v) is 8.74. The minimum atomic E-state index is -0.0134. The SMILES string of the molecule is Cc1cccc(OCCNC(=O)N2CCN(c3ccccc3)CC2)c1. The lowest BCUT2D eigenvalue weighted by molar-refractivity contribution is 0.191. The monoisotopic (exact) mass is 339 g/mol. The fourth-order valence-corrected chi connectivity index (χ4v) is 2.95. The molecule has 3 rings (SSSR count). The molecule has 1 aliphatic rings. The Morgan fingerprint density at radius 1 is 1.04 bits per heavy atom. The number of hydrogen-bond donors (Lipinski definition) is 1. The van der Waals surface area contributed by atoms with Crippen LogP contribution in [0, 0.1) is 6.92 Å². The lowest BCUT2D eigenvalue weighted by Gasteiger charge is -2.36. The van der Waals surface area contributed by atoms with Gasteiger partial charge in [0.15, 0.2) is 0 Å². The summed E-state index contributed by atoms with van der Waals surface area (Å²) in [6.45, 7) is 6.20. The second kappa shape index (κ2) is 8.42. The summed E-state index contributed by atoms with van der Waals surface area (Å²) in [6.07, 6.45) is 0. The van der Waals surface area contributed by atoms with Gasteiger partial charge in [-0.3, -0.25) is 0 Å². The molecule has 5 heteroatoms. The van der Waals surface area contributed by atoms with Gasteiger partial charge in [-0.25, -0.2) is 4.79 Å². The van der Waals surface area contributed by atoms with Crippen molar-refractivity contribution < 1.29 is 9.53 Å². The molecule has 0 saturated carbocycles. The fourth-order valence-electron chi connectivity index (χ4n) is 2.95. The van der Waals surface area contributed by atoms with E-state index in [1.54, 1.807) is 0 Å². The van der Waals surface area contributed by atoms with Crippen LogP contribution in [0.4, 0.5) is 10.5 Å². The number of benzene rings is 2. The highest BCUT2D eigenvalue weighted by atomic mass is 16.5. The zero-order valence-corrected chi connectivity index (χ0v) is 14.6. The minimum absolute atomic E-state index is 0.0134. The van der Waals surface area contributed by atoms with E-state index in [0.29, 0.717) is 13.2 Å². The van der Waals surface area contributed by atoms with Gasteiger partial charge >= 0.3 is 6.03 Å². The van der Waals surface area contributed by atoms with Gasteiger partial charge in [-0.15, -0.1) is 0 Å². The molecule has 0 spiro atoms. The number of carbonyl (C=O) groups is 1. The Hall–Kier alpha value is -2.69. The van der Waals surface area contributed by atoms with E-state index in [9.17, 15) is 4.79 Å². The van der Waals surface area contributed by atoms with Gasteiger partial charge in [0.1, 0.15) is 12.4 Å². The topological polar surface area (TPSA) is 44.8 Å². The maximum absolute atomic E-state index is 12.2. The molecular formula is C20H25N3O2. The highest BCUT2D eigenvalue weighted by molar-refractivity contribution is 5.74. The van der Waals surface area contributed by atoms with Crippen LogP contribution in [0.3, 0.4) is 0 Å². The van der Waals surface area contributed by atoms with E-state index >= 15 is 0 Å². The standard InChI is InChI=1S/C20H25N3O2/c1-17-6-5-9-19(16-17)25-15-10-21-20(24)23-13-11-22(12-14-23)18-7-3-2-4-8-18/h2-9,16H,10-15H2,1H3,(H,21,24). The molecule has 0 atom stereocenters. The van der Waals surface area contributed by atoms with Crippen molar-refractivity contribution in [3.8, 4) is 5.75 Å². The molecule has 0 bridgehead atoms. The molecule has 0 unspecified atom stereocenters. The van der Waals surface area contributed by atoms with Crippen LogP contribution in [0.15, 0.2) is 54.6 Å². The second-order valence-corrected chi connectivity index (χ2v) is 6.21. The highest BCUT2D eigenvalue weighted by Crippen LogP contribution is 2.15. The van der Waals surface area contributed by atoms with Crippen molar-refractivity contribution in [1.29, 1.82) is 0 Å². The molecule has 2 aromatic rings. The van der Waals surface area contributed by atoms with Gasteiger partial charge in [-0.05, 0) is 36.8 Å². The quantitative estimate of drug-likeness (QED) is 0.852. The van der Waals surface area contributed by atoms with Crippen LogP contribution in [0.5, 0.6) is 5.75 Å². The smallest absolute Gasteiger partial charge is 0.317 e. The van der Waals surface area contributed by atoms with Crippen molar-refractivity contribution in [3.63, 3.8) is 0 Å². The van der Waals surface area contributed by atoms with Crippen molar-refractivity contribution >= 4 is 11.7 Å². The van der Waals surface area contributed by atoms with Crippen molar-refractivity contribution in [1.82, 2.24) is 10.2 Å². The molecule has 132 valence electrons. The molecule has 5 nitrogen and oxygen atoms in total. The second-order valence-electron chi connectivity index (χ2n) is 6.21. The Balaban J connectivity index is 1.37. The first-order chi connectivity index (χ1) is 12.2. The number of urea groups is 1. The number of amides is 2. The van der Waals surface area contributed by atoms with Gasteiger partial charge in [0.25, 0.3) is 0 Å². The van der Waals surface area contributed by atoms with Crippen LogP contribution >= 0.6 is 0 Å². The largest absolute Gasteiger partial charge is 0.492 e. The third kappa shape index (κ3) is 4.89. The Labute approximate surface area is 149 Å². The number of aryl methyl sites for hydroxylation is 1. The molecule has 1 aliphatic heterocycles. The van der Waals surface area contributed by atoms with E-state index in [1.807, 2.05) is 54.3 Å². The van der Waals surface area contributed by atoms with Gasteiger partial charge < -0.3 is 19.9 Å². The minimum Gasteiger partial charge on any atom is -0.492 e. The number of rotatable bonds is 5. The molecule has 0 aromatic heterocycles. The normalized spacial score (nSPS) is 14.3. The molecule has 25 heavy (non-hydrogen) atoms. The molecule has 1 fully saturated rings. The van der Waals surface area contributed by atoms with Crippen LogP contribution in [-0.2, 0) is 0 Å². The number of hydrogen-bond acceptors (Lipinski definition) is 3. The zero-order chi connectivity index (χ0) is 17.5. The van der Waals surface area contributed by atoms with Gasteiger partial charge in [-0.2, -0.15) is 0 Å². The third-order valence-electron chi connectivity index (χ3n) is 4.32. The van der Waals surface area contributed by atoms with Crippen molar-refractivity contribution in [2.75, 3.05) is 44.2 Å². The van der Waals surface area contributed by atoms with Crippen LogP contribution in [0.2, 0.25) is 0 Å². The zero-order valence-electron chi connectivity index (χ0n) is 14.6. The van der Waals surface area contributed by atoms with Crippen molar-refractivity contribution in [2.45, 2.75) is 6.92 Å². The Kier molecular flexibility index (Phi) is 5.77. The van der Waals surface area contributed by atoms with Crippen LogP contribution in [-0.4, -0.2) is 50.3 Å². The maximum Gasteiger partial charge on any atom is 0.317 e. The van der Waals surface area contributed by atoms with Crippen LogP contribution < -0.4 is 15.0 Å². The number of carbonyl (C=O) groups excluding carboxylic acids is 1. The number of nitrogens with zero attached hydrogens (tertiary/aromatic N) is 2. The van der Waals surface area contributed by atoms with Gasteiger partial charge in [0.2, 0.25) is 0 Å². The van der Waals surface area contributed by atoms with Gasteiger partial charge in [0.05, 0.1) is 6.54 Å². The van der Waals surface area contributed by atoms with E-state index in [0.717, 1.165) is 37.5 Å². The van der Waals surface area contributed by atoms with E-state index < -0.39 is 0 Å². The highest BCUT2D eigenvalue weighted by Gasteiger charge is 2.20. The molecule has 2 amide bonds. The van der Waals surface area contributed by atoms with Crippen molar-refractivity contribution in [2.24, 2.45) is 0 Å². The first-order valence-electron chi connectivity index (χ1n) is 8.74. The summed E-state index contributed by atoms with van der Waals surface area (Å²) in [5, 5.41) is 2.94. The number of para-hydroxylation sites is 1. The predicted octanol–water partition coefficient (Wildman–Crippen LogP) is 2.91. The van der Waals surface area contributed by atoms with E-state index in [1.165, 1.54) is 5.69 Å². The maximum atomic E-state index is 12.2. The summed E-state index contributed by atoms with van der Waals surface area (Å²) in [6, 6.07) is 18.2. The Bertz CT molecular complexity index is 682. The summed E-state index contributed by atoms with van der Waals surface area (Å²) in [5.41, 5.74) is 2.38. The average Bonchev–Trinajstić information content (AvgIpc) is 2.66. The summed E-state index contributed by atoms with van der Waals surface area (Å²) in [5.74, 6) is 0.839. The first kappa shape index (κ1) is 17.1. The summed E-state index contributed by atoms with van der Waals surface area (Å²) < 4.78 is 5.66. The third-order valence-corrected chi connectivity index (χ3v) is 4.32. The molecule has 2 aromatic carbocycles. The number of ether oxygens (including phenoxy) is 1. The number of nitrogens with one attached hydrogen (secondary N) is 1. The average molecular weight is 339 g/mol. The van der Waals surface area contributed by atoms with E-state index in [-0.39, 0.29) is 6.03 Å². The van der Waals surface area contributed by atoms with E-state index in [2.05, 4.69) is 22.3 Å². The van der Waals surface area contributed by atoms with E-state index in [4.69, 9.17) is 4.74 Å².